The van der Waals surface area contributed by atoms with Gasteiger partial charge in [0.2, 0.25) is 0 Å². The molecule has 0 saturated carbocycles. The lowest BCUT2D eigenvalue weighted by Gasteiger charge is -2.11. The molecule has 15 heavy (non-hydrogen) atoms. The zero-order valence-electron chi connectivity index (χ0n) is 10.9. The Kier molecular flexibility index (Phi) is 6.85. The van der Waals surface area contributed by atoms with Crippen LogP contribution in [0.25, 0.3) is 0 Å². The Balaban J connectivity index is 0.000000921. The summed E-state index contributed by atoms with van der Waals surface area (Å²) in [7, 11) is 1.73. The van der Waals surface area contributed by atoms with Crippen LogP contribution in [0.1, 0.15) is 51.7 Å². The van der Waals surface area contributed by atoms with E-state index in [4.69, 9.17) is 4.74 Å². The van der Waals surface area contributed by atoms with E-state index in [0.29, 0.717) is 5.92 Å². The number of benzene rings is 1. The van der Waals surface area contributed by atoms with Gasteiger partial charge in [-0.3, -0.25) is 0 Å². The smallest absolute Gasteiger partial charge is 0.122 e. The van der Waals surface area contributed by atoms with E-state index in [0.717, 1.165) is 12.2 Å². The predicted molar refractivity (Wildman–Crippen MR) is 67.8 cm³/mol. The fourth-order valence-electron chi connectivity index (χ4n) is 1.43. The van der Waals surface area contributed by atoms with Gasteiger partial charge in [-0.05, 0) is 29.5 Å². The molecule has 0 aliphatic carbocycles. The highest BCUT2D eigenvalue weighted by molar-refractivity contribution is 5.38. The van der Waals surface area contributed by atoms with Gasteiger partial charge < -0.3 is 4.74 Å². The SMILES string of the molecule is CC.CCc1cc(C(C)C)ccc1OC. The van der Waals surface area contributed by atoms with E-state index in [-0.39, 0.29) is 0 Å². The average Bonchev–Trinajstić information content (AvgIpc) is 2.30. The summed E-state index contributed by atoms with van der Waals surface area (Å²) >= 11 is 0. The first-order chi connectivity index (χ1) is 7.19. The maximum absolute atomic E-state index is 5.27. The molecule has 1 aromatic carbocycles. The van der Waals surface area contributed by atoms with Crippen molar-refractivity contribution < 1.29 is 4.74 Å². The van der Waals surface area contributed by atoms with Crippen molar-refractivity contribution >= 4 is 0 Å². The van der Waals surface area contributed by atoms with Gasteiger partial charge >= 0.3 is 0 Å². The topological polar surface area (TPSA) is 9.23 Å². The highest BCUT2D eigenvalue weighted by Crippen LogP contribution is 2.24. The van der Waals surface area contributed by atoms with Crippen LogP contribution >= 0.6 is 0 Å². The molecule has 0 bridgehead atoms. The van der Waals surface area contributed by atoms with Crippen LogP contribution in [0.5, 0.6) is 5.75 Å². The molecule has 0 atom stereocenters. The molecular formula is C14H24O. The lowest BCUT2D eigenvalue weighted by Crippen LogP contribution is -1.94. The van der Waals surface area contributed by atoms with Crippen LogP contribution in [0.15, 0.2) is 18.2 Å². The lowest BCUT2D eigenvalue weighted by atomic mass is 9.99. The standard InChI is InChI=1S/C12H18O.C2H6/c1-5-10-8-11(9(2)3)6-7-12(10)13-4;1-2/h6-9H,5H2,1-4H3;1-2H3. The van der Waals surface area contributed by atoms with E-state index in [9.17, 15) is 0 Å². The van der Waals surface area contributed by atoms with Gasteiger partial charge in [-0.15, -0.1) is 0 Å². The van der Waals surface area contributed by atoms with E-state index in [1.807, 2.05) is 13.8 Å². The average molecular weight is 208 g/mol. The molecule has 0 radical (unpaired) electrons. The Hall–Kier alpha value is -0.980. The van der Waals surface area contributed by atoms with E-state index >= 15 is 0 Å². The normalized spacial score (nSPS) is 9.53. The third kappa shape index (κ3) is 3.94. The van der Waals surface area contributed by atoms with Crippen LogP contribution in [-0.2, 0) is 6.42 Å². The van der Waals surface area contributed by atoms with Gasteiger partial charge in [0.1, 0.15) is 5.75 Å². The molecule has 1 nitrogen and oxygen atoms in total. The fourth-order valence-corrected chi connectivity index (χ4v) is 1.43. The van der Waals surface area contributed by atoms with Crippen LogP contribution in [0, 0.1) is 0 Å². The lowest BCUT2D eigenvalue weighted by molar-refractivity contribution is 0.410. The first kappa shape index (κ1) is 14.0. The molecule has 0 N–H and O–H groups in total. The molecule has 0 unspecified atom stereocenters. The van der Waals surface area contributed by atoms with Crippen molar-refractivity contribution in [2.75, 3.05) is 7.11 Å². The maximum atomic E-state index is 5.27. The second kappa shape index (κ2) is 7.33. The molecule has 1 heteroatoms. The van der Waals surface area contributed by atoms with Crippen LogP contribution < -0.4 is 4.74 Å². The van der Waals surface area contributed by atoms with Crippen molar-refractivity contribution in [1.29, 1.82) is 0 Å². The summed E-state index contributed by atoms with van der Waals surface area (Å²) in [5.41, 5.74) is 2.69. The minimum absolute atomic E-state index is 0.594. The molecule has 0 amide bonds. The summed E-state index contributed by atoms with van der Waals surface area (Å²) in [6.07, 6.45) is 1.03. The van der Waals surface area contributed by atoms with Crippen molar-refractivity contribution in [3.63, 3.8) is 0 Å². The molecule has 0 heterocycles. The Morgan fingerprint density at radius 3 is 2.20 bits per heavy atom. The second-order valence-corrected chi connectivity index (χ2v) is 3.58. The van der Waals surface area contributed by atoms with Gasteiger partial charge in [-0.1, -0.05) is 46.8 Å². The van der Waals surface area contributed by atoms with Crippen molar-refractivity contribution in [2.24, 2.45) is 0 Å². The molecule has 0 aromatic heterocycles. The van der Waals surface area contributed by atoms with Crippen molar-refractivity contribution in [3.8, 4) is 5.75 Å². The summed E-state index contributed by atoms with van der Waals surface area (Å²) < 4.78 is 5.27. The summed E-state index contributed by atoms with van der Waals surface area (Å²) in [5.74, 6) is 1.60. The first-order valence-corrected chi connectivity index (χ1v) is 5.85. The first-order valence-electron chi connectivity index (χ1n) is 5.85. The highest BCUT2D eigenvalue weighted by Gasteiger charge is 2.04. The number of methoxy groups -OCH3 is 1. The highest BCUT2D eigenvalue weighted by atomic mass is 16.5. The van der Waals surface area contributed by atoms with Crippen LogP contribution in [0.3, 0.4) is 0 Å². The second-order valence-electron chi connectivity index (χ2n) is 3.58. The number of hydrogen-bond acceptors (Lipinski definition) is 1. The Bertz CT molecular complexity index is 277. The summed E-state index contributed by atoms with van der Waals surface area (Å²) in [6.45, 7) is 10.6. The fraction of sp³-hybridized carbons (Fsp3) is 0.571. The molecule has 0 fully saturated rings. The summed E-state index contributed by atoms with van der Waals surface area (Å²) in [4.78, 5) is 0. The van der Waals surface area contributed by atoms with E-state index in [1.54, 1.807) is 7.11 Å². The largest absolute Gasteiger partial charge is 0.496 e. The van der Waals surface area contributed by atoms with Crippen molar-refractivity contribution in [3.05, 3.63) is 29.3 Å². The van der Waals surface area contributed by atoms with E-state index < -0.39 is 0 Å². The van der Waals surface area contributed by atoms with Gasteiger partial charge in [-0.25, -0.2) is 0 Å². The van der Waals surface area contributed by atoms with Gasteiger partial charge in [-0.2, -0.15) is 0 Å². The quantitative estimate of drug-likeness (QED) is 0.715. The minimum Gasteiger partial charge on any atom is -0.496 e. The van der Waals surface area contributed by atoms with Crippen molar-refractivity contribution in [2.45, 2.75) is 47.0 Å². The number of ether oxygens (including phenoxy) is 1. The Labute approximate surface area is 94.5 Å². The zero-order valence-corrected chi connectivity index (χ0v) is 10.9. The Morgan fingerprint density at radius 1 is 1.20 bits per heavy atom. The van der Waals surface area contributed by atoms with Gasteiger partial charge in [0.15, 0.2) is 0 Å². The molecular weight excluding hydrogens is 184 g/mol. The van der Waals surface area contributed by atoms with Crippen molar-refractivity contribution in [1.82, 2.24) is 0 Å². The minimum atomic E-state index is 0.594. The number of aryl methyl sites for hydroxylation is 1. The van der Waals surface area contributed by atoms with Crippen LogP contribution in [0.2, 0.25) is 0 Å². The maximum Gasteiger partial charge on any atom is 0.122 e. The molecule has 1 rings (SSSR count). The summed E-state index contributed by atoms with van der Waals surface area (Å²) in [5, 5.41) is 0. The molecule has 1 aromatic rings. The van der Waals surface area contributed by atoms with Crippen LogP contribution in [0.4, 0.5) is 0 Å². The van der Waals surface area contributed by atoms with Crippen LogP contribution in [-0.4, -0.2) is 7.11 Å². The van der Waals surface area contributed by atoms with Gasteiger partial charge in [0.25, 0.3) is 0 Å². The predicted octanol–water partition coefficient (Wildman–Crippen LogP) is 4.41. The molecule has 0 aliphatic rings. The van der Waals surface area contributed by atoms with E-state index in [1.165, 1.54) is 11.1 Å². The molecule has 0 saturated heterocycles. The summed E-state index contributed by atoms with van der Waals surface area (Å²) in [6, 6.07) is 6.44. The number of rotatable bonds is 3. The molecule has 86 valence electrons. The third-order valence-electron chi connectivity index (χ3n) is 2.35. The van der Waals surface area contributed by atoms with Gasteiger partial charge in [0.05, 0.1) is 7.11 Å². The third-order valence-corrected chi connectivity index (χ3v) is 2.35. The zero-order chi connectivity index (χ0) is 11.8. The molecule has 0 aliphatic heterocycles. The van der Waals surface area contributed by atoms with Gasteiger partial charge in [0, 0.05) is 0 Å². The Morgan fingerprint density at radius 2 is 1.80 bits per heavy atom. The molecule has 0 spiro atoms. The van der Waals surface area contributed by atoms with E-state index in [2.05, 4.69) is 39.0 Å². The number of hydrogen-bond donors (Lipinski definition) is 0. The monoisotopic (exact) mass is 208 g/mol.